The monoisotopic (exact) mass is 503 g/mol. The summed E-state index contributed by atoms with van der Waals surface area (Å²) in [5.41, 5.74) is 7.05. The van der Waals surface area contributed by atoms with Crippen molar-refractivity contribution in [2.75, 3.05) is 5.32 Å². The number of carbonyl (C=O) groups is 1. The number of rotatable bonds is 8. The quantitative estimate of drug-likeness (QED) is 0.233. The smallest absolute Gasteiger partial charge is 0.258 e. The molecule has 2 aromatic heterocycles. The molecule has 1 amide bonds. The van der Waals surface area contributed by atoms with Crippen LogP contribution < -0.4 is 5.32 Å². The van der Waals surface area contributed by atoms with E-state index >= 15 is 0 Å². The van der Waals surface area contributed by atoms with E-state index in [1.807, 2.05) is 72.8 Å². The second-order valence-corrected chi connectivity index (χ2v) is 9.59. The Bertz CT molecular complexity index is 1510. The molecule has 5 rings (SSSR count). The van der Waals surface area contributed by atoms with Gasteiger partial charge >= 0.3 is 0 Å². The van der Waals surface area contributed by atoms with E-state index in [4.69, 9.17) is 0 Å². The van der Waals surface area contributed by atoms with Crippen LogP contribution in [-0.4, -0.2) is 15.5 Å². The van der Waals surface area contributed by atoms with Gasteiger partial charge in [0.05, 0.1) is 11.3 Å². The molecule has 3 aromatic carbocycles. The van der Waals surface area contributed by atoms with Gasteiger partial charge in [0.25, 0.3) is 5.91 Å². The van der Waals surface area contributed by atoms with Gasteiger partial charge in [-0.15, -0.1) is 0 Å². The number of anilines is 1. The summed E-state index contributed by atoms with van der Waals surface area (Å²) in [4.78, 5) is 18.2. The summed E-state index contributed by atoms with van der Waals surface area (Å²) in [5.74, 6) is -0.401. The van der Waals surface area contributed by atoms with Crippen molar-refractivity contribution in [1.29, 1.82) is 0 Å². The fourth-order valence-electron chi connectivity index (χ4n) is 5.00. The molecule has 0 aliphatic heterocycles. The number of pyridine rings is 1. The van der Waals surface area contributed by atoms with Crippen molar-refractivity contribution >= 4 is 11.6 Å². The highest BCUT2D eigenvalue weighted by atomic mass is 19.1. The zero-order valence-corrected chi connectivity index (χ0v) is 21.6. The lowest BCUT2D eigenvalue weighted by Crippen LogP contribution is -2.17. The molecule has 0 fully saturated rings. The van der Waals surface area contributed by atoms with Crippen LogP contribution in [0.1, 0.15) is 41.4 Å². The van der Waals surface area contributed by atoms with Crippen LogP contribution in [0, 0.1) is 5.82 Å². The first-order valence-corrected chi connectivity index (χ1v) is 12.9. The molecule has 4 nitrogen and oxygen atoms in total. The second kappa shape index (κ2) is 11.3. The Hall–Kier alpha value is -4.51. The van der Waals surface area contributed by atoms with Gasteiger partial charge in [-0.3, -0.25) is 9.78 Å². The molecule has 0 aliphatic rings. The van der Waals surface area contributed by atoms with Crippen LogP contribution in [0.3, 0.4) is 0 Å². The standard InChI is InChI=1S/C33H30FN3O/c1-23(2)31-30(33(38)36-28-11-7-4-8-12-28)29(25-9-5-3-6-10-25)32(26-13-15-27(34)16-14-26)37(31)22-19-24-17-20-35-21-18-24/h3-18,20-21,23H,19,22H2,1-2H3,(H,36,38). The Morgan fingerprint density at radius 3 is 2.11 bits per heavy atom. The third-order valence-electron chi connectivity index (χ3n) is 6.66. The third kappa shape index (κ3) is 5.28. The molecular formula is C33H30FN3O. The average molecular weight is 504 g/mol. The minimum Gasteiger partial charge on any atom is -0.343 e. The second-order valence-electron chi connectivity index (χ2n) is 9.59. The van der Waals surface area contributed by atoms with E-state index in [-0.39, 0.29) is 17.6 Å². The van der Waals surface area contributed by atoms with Gasteiger partial charge in [0.1, 0.15) is 5.82 Å². The third-order valence-corrected chi connectivity index (χ3v) is 6.66. The molecule has 0 atom stereocenters. The Morgan fingerprint density at radius 1 is 0.842 bits per heavy atom. The van der Waals surface area contributed by atoms with Gasteiger partial charge in [0.15, 0.2) is 0 Å². The van der Waals surface area contributed by atoms with Crippen molar-refractivity contribution in [3.8, 4) is 22.4 Å². The highest BCUT2D eigenvalue weighted by molar-refractivity contribution is 6.12. The minimum absolute atomic E-state index is 0.0561. The Labute approximate surface area is 222 Å². The fourth-order valence-corrected chi connectivity index (χ4v) is 5.00. The van der Waals surface area contributed by atoms with Gasteiger partial charge in [-0.25, -0.2) is 4.39 Å². The van der Waals surface area contributed by atoms with Gasteiger partial charge in [0.2, 0.25) is 0 Å². The van der Waals surface area contributed by atoms with E-state index in [9.17, 15) is 9.18 Å². The maximum absolute atomic E-state index is 14.1. The molecular weight excluding hydrogens is 473 g/mol. The summed E-state index contributed by atoms with van der Waals surface area (Å²) in [6.45, 7) is 4.88. The van der Waals surface area contributed by atoms with Crippen molar-refractivity contribution in [3.05, 3.63) is 132 Å². The first-order chi connectivity index (χ1) is 18.5. The number of carbonyl (C=O) groups excluding carboxylic acids is 1. The first kappa shape index (κ1) is 25.2. The highest BCUT2D eigenvalue weighted by Gasteiger charge is 2.30. The molecule has 5 heteroatoms. The Kier molecular flexibility index (Phi) is 7.45. The minimum atomic E-state index is -0.295. The molecule has 0 saturated heterocycles. The topological polar surface area (TPSA) is 46.9 Å². The lowest BCUT2D eigenvalue weighted by atomic mass is 9.94. The van der Waals surface area contributed by atoms with E-state index in [0.29, 0.717) is 12.1 Å². The molecule has 190 valence electrons. The summed E-state index contributed by atoms with van der Waals surface area (Å²) < 4.78 is 16.3. The summed E-state index contributed by atoms with van der Waals surface area (Å²) >= 11 is 0. The van der Waals surface area contributed by atoms with Crippen LogP contribution in [0.4, 0.5) is 10.1 Å². The van der Waals surface area contributed by atoms with Gasteiger partial charge in [0, 0.05) is 35.9 Å². The molecule has 0 saturated carbocycles. The summed E-state index contributed by atoms with van der Waals surface area (Å²) in [7, 11) is 0. The highest BCUT2D eigenvalue weighted by Crippen LogP contribution is 2.42. The molecule has 5 aromatic rings. The van der Waals surface area contributed by atoms with Crippen molar-refractivity contribution < 1.29 is 9.18 Å². The lowest BCUT2D eigenvalue weighted by molar-refractivity contribution is 0.102. The van der Waals surface area contributed by atoms with E-state index in [0.717, 1.165) is 45.7 Å². The average Bonchev–Trinajstić information content (AvgIpc) is 3.29. The van der Waals surface area contributed by atoms with Gasteiger partial charge < -0.3 is 9.88 Å². The first-order valence-electron chi connectivity index (χ1n) is 12.9. The van der Waals surface area contributed by atoms with Crippen molar-refractivity contribution in [3.63, 3.8) is 0 Å². The predicted octanol–water partition coefficient (Wildman–Crippen LogP) is 7.97. The van der Waals surface area contributed by atoms with Crippen molar-refractivity contribution in [1.82, 2.24) is 9.55 Å². The largest absolute Gasteiger partial charge is 0.343 e. The van der Waals surface area contributed by atoms with Crippen LogP contribution in [0.2, 0.25) is 0 Å². The van der Waals surface area contributed by atoms with E-state index in [2.05, 4.69) is 28.7 Å². The van der Waals surface area contributed by atoms with Gasteiger partial charge in [-0.1, -0.05) is 62.4 Å². The molecule has 38 heavy (non-hydrogen) atoms. The van der Waals surface area contributed by atoms with Crippen molar-refractivity contribution in [2.24, 2.45) is 0 Å². The zero-order valence-electron chi connectivity index (χ0n) is 21.6. The van der Waals surface area contributed by atoms with E-state index < -0.39 is 0 Å². The number of halogens is 1. The van der Waals surface area contributed by atoms with Crippen LogP contribution in [0.5, 0.6) is 0 Å². The molecule has 0 aliphatic carbocycles. The number of nitrogens with zero attached hydrogens (tertiary/aromatic N) is 2. The van der Waals surface area contributed by atoms with Crippen LogP contribution in [0.15, 0.2) is 109 Å². The number of aromatic nitrogens is 2. The Balaban J connectivity index is 1.77. The van der Waals surface area contributed by atoms with Crippen LogP contribution >= 0.6 is 0 Å². The van der Waals surface area contributed by atoms with Gasteiger partial charge in [-0.05, 0) is 77.6 Å². The summed E-state index contributed by atoms with van der Waals surface area (Å²) in [6, 6.07) is 30.0. The van der Waals surface area contributed by atoms with Crippen LogP contribution in [0.25, 0.3) is 22.4 Å². The van der Waals surface area contributed by atoms with E-state index in [1.165, 1.54) is 12.1 Å². The molecule has 2 heterocycles. The number of para-hydroxylation sites is 1. The maximum Gasteiger partial charge on any atom is 0.258 e. The molecule has 0 spiro atoms. The number of hydrogen-bond donors (Lipinski definition) is 1. The number of nitrogens with one attached hydrogen (secondary N) is 1. The number of benzene rings is 3. The zero-order chi connectivity index (χ0) is 26.5. The Morgan fingerprint density at radius 2 is 1.47 bits per heavy atom. The summed E-state index contributed by atoms with van der Waals surface area (Å²) in [6.07, 6.45) is 4.35. The van der Waals surface area contributed by atoms with Crippen LogP contribution in [-0.2, 0) is 13.0 Å². The molecule has 0 unspecified atom stereocenters. The number of aryl methyl sites for hydroxylation is 1. The molecule has 0 radical (unpaired) electrons. The molecule has 0 bridgehead atoms. The normalized spacial score (nSPS) is 11.1. The van der Waals surface area contributed by atoms with Crippen molar-refractivity contribution in [2.45, 2.75) is 32.7 Å². The maximum atomic E-state index is 14.1. The van der Waals surface area contributed by atoms with E-state index in [1.54, 1.807) is 24.5 Å². The number of hydrogen-bond acceptors (Lipinski definition) is 2. The lowest BCUT2D eigenvalue weighted by Gasteiger charge is -2.17. The summed E-state index contributed by atoms with van der Waals surface area (Å²) in [5, 5.41) is 3.12. The predicted molar refractivity (Wildman–Crippen MR) is 152 cm³/mol. The van der Waals surface area contributed by atoms with Gasteiger partial charge in [-0.2, -0.15) is 0 Å². The molecule has 1 N–H and O–H groups in total. The number of amides is 1. The SMILES string of the molecule is CC(C)c1c(C(=O)Nc2ccccc2)c(-c2ccccc2)c(-c2ccc(F)cc2)n1CCc1ccncc1. The fraction of sp³-hybridized carbons (Fsp3) is 0.152.